The fourth-order valence-corrected chi connectivity index (χ4v) is 3.44. The van der Waals surface area contributed by atoms with Gasteiger partial charge in [0.15, 0.2) is 0 Å². The van der Waals surface area contributed by atoms with Crippen molar-refractivity contribution in [1.82, 2.24) is 4.72 Å². The molecule has 0 amide bonds. The maximum absolute atomic E-state index is 13.4. The molecule has 0 heterocycles. The number of aryl methyl sites for hydroxylation is 1. The standard InChI is InChI=1S/C12H17FN2O3S/c1-7-3-10(6-11(14)12(7)13)19(16,17)15-8-4-9(5-8)18-2/h3,6,8-9,15H,4-5,14H2,1-2H3. The number of nitrogen functional groups attached to an aromatic ring is 1. The summed E-state index contributed by atoms with van der Waals surface area (Å²) in [5, 5.41) is 0. The molecule has 2 rings (SSSR count). The fourth-order valence-electron chi connectivity index (χ4n) is 2.06. The Morgan fingerprint density at radius 3 is 2.58 bits per heavy atom. The summed E-state index contributed by atoms with van der Waals surface area (Å²) in [6.07, 6.45) is 1.39. The van der Waals surface area contributed by atoms with Crippen LogP contribution in [0, 0.1) is 12.7 Å². The molecule has 19 heavy (non-hydrogen) atoms. The van der Waals surface area contributed by atoms with Crippen LogP contribution in [-0.2, 0) is 14.8 Å². The van der Waals surface area contributed by atoms with E-state index in [1.807, 2.05) is 0 Å². The second-order valence-corrected chi connectivity index (χ2v) is 6.50. The summed E-state index contributed by atoms with van der Waals surface area (Å²) < 4.78 is 45.3. The summed E-state index contributed by atoms with van der Waals surface area (Å²) in [7, 11) is -2.07. The van der Waals surface area contributed by atoms with Gasteiger partial charge in [0.25, 0.3) is 0 Å². The molecule has 0 atom stereocenters. The summed E-state index contributed by atoms with van der Waals surface area (Å²) >= 11 is 0. The third-order valence-corrected chi connectivity index (χ3v) is 4.82. The van der Waals surface area contributed by atoms with E-state index in [1.54, 1.807) is 7.11 Å². The van der Waals surface area contributed by atoms with E-state index in [0.29, 0.717) is 12.8 Å². The number of methoxy groups -OCH3 is 1. The van der Waals surface area contributed by atoms with Gasteiger partial charge in [0.05, 0.1) is 16.7 Å². The molecule has 1 aromatic carbocycles. The Balaban J connectivity index is 2.16. The van der Waals surface area contributed by atoms with Gasteiger partial charge in [-0.3, -0.25) is 0 Å². The summed E-state index contributed by atoms with van der Waals surface area (Å²) in [5.74, 6) is -0.581. The van der Waals surface area contributed by atoms with E-state index in [1.165, 1.54) is 13.0 Å². The number of anilines is 1. The molecular formula is C12H17FN2O3S. The zero-order chi connectivity index (χ0) is 14.2. The molecule has 1 aromatic rings. The van der Waals surface area contributed by atoms with Crippen molar-refractivity contribution in [2.24, 2.45) is 0 Å². The molecule has 1 saturated carbocycles. The molecule has 106 valence electrons. The van der Waals surface area contributed by atoms with E-state index >= 15 is 0 Å². The minimum Gasteiger partial charge on any atom is -0.396 e. The number of halogens is 1. The highest BCUT2D eigenvalue weighted by Gasteiger charge is 2.32. The number of hydrogen-bond donors (Lipinski definition) is 2. The molecule has 0 bridgehead atoms. The third-order valence-electron chi connectivity index (χ3n) is 3.32. The minimum absolute atomic E-state index is 0.00948. The number of rotatable bonds is 4. The lowest BCUT2D eigenvalue weighted by molar-refractivity contribution is 0.0236. The van der Waals surface area contributed by atoms with Gasteiger partial charge in [0.2, 0.25) is 10.0 Å². The molecule has 0 aliphatic heterocycles. The molecule has 1 fully saturated rings. The maximum atomic E-state index is 13.4. The van der Waals surface area contributed by atoms with Gasteiger partial charge in [0, 0.05) is 13.2 Å². The smallest absolute Gasteiger partial charge is 0.240 e. The van der Waals surface area contributed by atoms with Gasteiger partial charge < -0.3 is 10.5 Å². The van der Waals surface area contributed by atoms with E-state index in [9.17, 15) is 12.8 Å². The van der Waals surface area contributed by atoms with Crippen LogP contribution in [0.2, 0.25) is 0 Å². The first-order chi connectivity index (χ1) is 8.83. The van der Waals surface area contributed by atoms with Crippen LogP contribution in [0.25, 0.3) is 0 Å². The van der Waals surface area contributed by atoms with Crippen molar-refractivity contribution in [2.75, 3.05) is 12.8 Å². The van der Waals surface area contributed by atoms with Gasteiger partial charge in [-0.25, -0.2) is 17.5 Å². The van der Waals surface area contributed by atoms with Crippen molar-refractivity contribution in [2.45, 2.75) is 36.8 Å². The summed E-state index contributed by atoms with van der Waals surface area (Å²) in [4.78, 5) is -0.00948. The quantitative estimate of drug-likeness (QED) is 0.815. The first-order valence-corrected chi connectivity index (χ1v) is 7.42. The van der Waals surface area contributed by atoms with Gasteiger partial charge in [-0.2, -0.15) is 0 Å². The summed E-state index contributed by atoms with van der Waals surface area (Å²) in [5.41, 5.74) is 5.50. The van der Waals surface area contributed by atoms with Crippen LogP contribution in [0.1, 0.15) is 18.4 Å². The number of benzene rings is 1. The van der Waals surface area contributed by atoms with Crippen LogP contribution < -0.4 is 10.5 Å². The predicted octanol–water partition coefficient (Wildman–Crippen LogP) is 1.17. The van der Waals surface area contributed by atoms with E-state index in [-0.39, 0.29) is 28.3 Å². The Bertz CT molecular complexity index is 560. The molecule has 1 aliphatic carbocycles. The van der Waals surface area contributed by atoms with E-state index in [2.05, 4.69) is 4.72 Å². The van der Waals surface area contributed by atoms with Crippen LogP contribution in [0.15, 0.2) is 17.0 Å². The summed E-state index contributed by atoms with van der Waals surface area (Å²) in [6.45, 7) is 1.48. The first-order valence-electron chi connectivity index (χ1n) is 5.94. The molecule has 0 radical (unpaired) electrons. The third kappa shape index (κ3) is 2.88. The molecule has 0 spiro atoms. The lowest BCUT2D eigenvalue weighted by Gasteiger charge is -2.34. The highest BCUT2D eigenvalue weighted by molar-refractivity contribution is 7.89. The van der Waals surface area contributed by atoms with Gasteiger partial charge in [-0.1, -0.05) is 0 Å². The maximum Gasteiger partial charge on any atom is 0.240 e. The van der Waals surface area contributed by atoms with Crippen LogP contribution >= 0.6 is 0 Å². The molecule has 7 heteroatoms. The highest BCUT2D eigenvalue weighted by atomic mass is 32.2. The molecule has 0 saturated heterocycles. The van der Waals surface area contributed by atoms with Crippen molar-refractivity contribution in [3.8, 4) is 0 Å². The number of ether oxygens (including phenoxy) is 1. The van der Waals surface area contributed by atoms with E-state index in [4.69, 9.17) is 10.5 Å². The largest absolute Gasteiger partial charge is 0.396 e. The zero-order valence-electron chi connectivity index (χ0n) is 10.8. The predicted molar refractivity (Wildman–Crippen MR) is 69.7 cm³/mol. The van der Waals surface area contributed by atoms with Crippen LogP contribution in [0.5, 0.6) is 0 Å². The molecule has 3 N–H and O–H groups in total. The Kier molecular flexibility index (Phi) is 3.80. The second kappa shape index (κ2) is 5.07. The Labute approximate surface area is 112 Å². The van der Waals surface area contributed by atoms with E-state index < -0.39 is 15.8 Å². The Morgan fingerprint density at radius 2 is 2.05 bits per heavy atom. The lowest BCUT2D eigenvalue weighted by atomic mass is 9.90. The highest BCUT2D eigenvalue weighted by Crippen LogP contribution is 2.26. The normalized spacial score (nSPS) is 23.1. The SMILES string of the molecule is COC1CC(NS(=O)(=O)c2cc(C)c(F)c(N)c2)C1. The number of sulfonamides is 1. The zero-order valence-corrected chi connectivity index (χ0v) is 11.6. The fraction of sp³-hybridized carbons (Fsp3) is 0.500. The molecule has 5 nitrogen and oxygen atoms in total. The summed E-state index contributed by atoms with van der Waals surface area (Å²) in [6, 6.07) is 2.28. The van der Waals surface area contributed by atoms with Gasteiger partial charge in [0.1, 0.15) is 5.82 Å². The van der Waals surface area contributed by atoms with Crippen LogP contribution in [-0.4, -0.2) is 27.7 Å². The lowest BCUT2D eigenvalue weighted by Crippen LogP contribution is -2.47. The van der Waals surface area contributed by atoms with Crippen LogP contribution in [0.4, 0.5) is 10.1 Å². The number of nitrogens with two attached hydrogens (primary N) is 1. The monoisotopic (exact) mass is 288 g/mol. The topological polar surface area (TPSA) is 81.4 Å². The van der Waals surface area contributed by atoms with Crippen LogP contribution in [0.3, 0.4) is 0 Å². The van der Waals surface area contributed by atoms with Gasteiger partial charge >= 0.3 is 0 Å². The minimum atomic E-state index is -3.67. The average Bonchev–Trinajstić information content (AvgIpc) is 2.29. The van der Waals surface area contributed by atoms with Crippen molar-refractivity contribution in [3.05, 3.63) is 23.5 Å². The Hall–Kier alpha value is -1.18. The average molecular weight is 288 g/mol. The Morgan fingerprint density at radius 1 is 1.42 bits per heavy atom. The molecule has 0 aromatic heterocycles. The van der Waals surface area contributed by atoms with Gasteiger partial charge in [-0.15, -0.1) is 0 Å². The first kappa shape index (κ1) is 14.2. The van der Waals surface area contributed by atoms with Crippen molar-refractivity contribution < 1.29 is 17.5 Å². The molecule has 0 unspecified atom stereocenters. The number of hydrogen-bond acceptors (Lipinski definition) is 4. The van der Waals surface area contributed by atoms with Crippen molar-refractivity contribution >= 4 is 15.7 Å². The van der Waals surface area contributed by atoms with Crippen molar-refractivity contribution in [1.29, 1.82) is 0 Å². The molecule has 1 aliphatic rings. The van der Waals surface area contributed by atoms with E-state index in [0.717, 1.165) is 6.07 Å². The molecular weight excluding hydrogens is 271 g/mol. The van der Waals surface area contributed by atoms with Gasteiger partial charge in [-0.05, 0) is 37.5 Å². The number of nitrogens with one attached hydrogen (secondary N) is 1. The van der Waals surface area contributed by atoms with Crippen molar-refractivity contribution in [3.63, 3.8) is 0 Å². The second-order valence-electron chi connectivity index (χ2n) is 4.79.